The predicted molar refractivity (Wildman–Crippen MR) is 82.0 cm³/mol. The fraction of sp³-hybridized carbons (Fsp3) is 0.938. The lowest BCUT2D eigenvalue weighted by Gasteiger charge is -2.43. The molecule has 0 aromatic heterocycles. The average molecular weight is 279 g/mol. The molecular formula is C16H29N3O. The van der Waals surface area contributed by atoms with Gasteiger partial charge >= 0.3 is 0 Å². The van der Waals surface area contributed by atoms with E-state index in [2.05, 4.69) is 22.5 Å². The summed E-state index contributed by atoms with van der Waals surface area (Å²) in [6.07, 6.45) is 9.43. The minimum absolute atomic E-state index is 0.0116. The largest absolute Gasteiger partial charge is 0.373 e. The van der Waals surface area contributed by atoms with Crippen LogP contribution in [0.1, 0.15) is 51.9 Å². The van der Waals surface area contributed by atoms with E-state index in [1.54, 1.807) is 0 Å². The van der Waals surface area contributed by atoms with Crippen molar-refractivity contribution < 1.29 is 4.74 Å². The van der Waals surface area contributed by atoms with Gasteiger partial charge in [-0.05, 0) is 56.8 Å². The second-order valence-corrected chi connectivity index (χ2v) is 7.17. The summed E-state index contributed by atoms with van der Waals surface area (Å²) in [5.41, 5.74) is 0.577. The molecule has 4 heteroatoms. The standard InChI is InChI=1S/C16H29N3O/c1-15(7-4-10-20-15)11-18-14(17-2)19-12-16(8-3-9-16)13-5-6-13/h13H,3-12H2,1-2H3,(H2,17,18,19). The van der Waals surface area contributed by atoms with Crippen molar-refractivity contribution in [1.29, 1.82) is 0 Å². The van der Waals surface area contributed by atoms with Crippen molar-refractivity contribution in [2.45, 2.75) is 57.5 Å². The zero-order chi connectivity index (χ0) is 14.1. The molecule has 1 aliphatic heterocycles. The molecule has 3 rings (SSSR count). The highest BCUT2D eigenvalue weighted by Crippen LogP contribution is 2.56. The Morgan fingerprint density at radius 3 is 2.40 bits per heavy atom. The van der Waals surface area contributed by atoms with Gasteiger partial charge in [0.05, 0.1) is 5.60 Å². The Hall–Kier alpha value is -0.770. The van der Waals surface area contributed by atoms with Crippen molar-refractivity contribution in [2.24, 2.45) is 16.3 Å². The molecule has 0 aromatic rings. The quantitative estimate of drug-likeness (QED) is 0.599. The second kappa shape index (κ2) is 5.55. The monoisotopic (exact) mass is 279 g/mol. The van der Waals surface area contributed by atoms with E-state index in [0.29, 0.717) is 5.41 Å². The Kier molecular flexibility index (Phi) is 3.93. The van der Waals surface area contributed by atoms with Crippen molar-refractivity contribution in [3.8, 4) is 0 Å². The first kappa shape index (κ1) is 14.2. The van der Waals surface area contributed by atoms with Crippen molar-refractivity contribution >= 4 is 5.96 Å². The van der Waals surface area contributed by atoms with E-state index in [1.807, 2.05) is 7.05 Å². The maximum absolute atomic E-state index is 5.82. The summed E-state index contributed by atoms with van der Waals surface area (Å²) >= 11 is 0. The minimum atomic E-state index is -0.0116. The molecule has 4 nitrogen and oxygen atoms in total. The second-order valence-electron chi connectivity index (χ2n) is 7.17. The molecule has 20 heavy (non-hydrogen) atoms. The lowest BCUT2D eigenvalue weighted by atomic mass is 9.65. The van der Waals surface area contributed by atoms with E-state index in [-0.39, 0.29) is 5.60 Å². The third kappa shape index (κ3) is 2.95. The summed E-state index contributed by atoms with van der Waals surface area (Å²) in [6.45, 7) is 5.03. The van der Waals surface area contributed by atoms with Gasteiger partial charge in [0.2, 0.25) is 0 Å². The molecule has 0 spiro atoms. The zero-order valence-corrected chi connectivity index (χ0v) is 13.0. The maximum atomic E-state index is 5.82. The number of hydrogen-bond acceptors (Lipinski definition) is 2. The minimum Gasteiger partial charge on any atom is -0.373 e. The zero-order valence-electron chi connectivity index (χ0n) is 13.0. The molecule has 3 aliphatic rings. The van der Waals surface area contributed by atoms with Gasteiger partial charge in [-0.3, -0.25) is 4.99 Å². The lowest BCUT2D eigenvalue weighted by Crippen LogP contribution is -2.50. The molecular weight excluding hydrogens is 250 g/mol. The van der Waals surface area contributed by atoms with E-state index in [0.717, 1.165) is 38.0 Å². The first-order valence-electron chi connectivity index (χ1n) is 8.24. The van der Waals surface area contributed by atoms with E-state index in [4.69, 9.17) is 4.74 Å². The Morgan fingerprint density at radius 1 is 1.15 bits per heavy atom. The molecule has 1 saturated heterocycles. The molecule has 114 valence electrons. The molecule has 2 saturated carbocycles. The molecule has 0 aromatic carbocycles. The van der Waals surface area contributed by atoms with Crippen LogP contribution < -0.4 is 10.6 Å². The number of rotatable bonds is 5. The van der Waals surface area contributed by atoms with Crippen LogP contribution in [0.2, 0.25) is 0 Å². The summed E-state index contributed by atoms with van der Waals surface area (Å²) < 4.78 is 5.82. The van der Waals surface area contributed by atoms with Crippen LogP contribution >= 0.6 is 0 Å². The fourth-order valence-electron chi connectivity index (χ4n) is 3.78. The average Bonchev–Trinajstić information content (AvgIpc) is 3.15. The van der Waals surface area contributed by atoms with Crippen LogP contribution in [0.5, 0.6) is 0 Å². The number of guanidine groups is 1. The van der Waals surface area contributed by atoms with Crippen molar-refractivity contribution in [3.63, 3.8) is 0 Å². The number of ether oxygens (including phenoxy) is 1. The van der Waals surface area contributed by atoms with Crippen LogP contribution in [-0.4, -0.2) is 38.3 Å². The fourth-order valence-corrected chi connectivity index (χ4v) is 3.78. The highest BCUT2D eigenvalue weighted by Gasteiger charge is 2.48. The Balaban J connectivity index is 1.45. The van der Waals surface area contributed by atoms with Crippen molar-refractivity contribution in [3.05, 3.63) is 0 Å². The Bertz CT molecular complexity index is 366. The summed E-state index contributed by atoms with van der Waals surface area (Å²) in [4.78, 5) is 4.36. The van der Waals surface area contributed by atoms with Gasteiger partial charge in [0.25, 0.3) is 0 Å². The van der Waals surface area contributed by atoms with Gasteiger partial charge < -0.3 is 15.4 Å². The van der Waals surface area contributed by atoms with Crippen molar-refractivity contribution in [1.82, 2.24) is 10.6 Å². The topological polar surface area (TPSA) is 45.7 Å². The van der Waals surface area contributed by atoms with Crippen LogP contribution in [-0.2, 0) is 4.74 Å². The number of aliphatic imine (C=N–C) groups is 1. The maximum Gasteiger partial charge on any atom is 0.191 e. The summed E-state index contributed by atoms with van der Waals surface area (Å²) in [7, 11) is 1.86. The highest BCUT2D eigenvalue weighted by molar-refractivity contribution is 5.79. The Labute approximate surface area is 122 Å². The predicted octanol–water partition coefficient (Wildman–Crippen LogP) is 2.30. The van der Waals surface area contributed by atoms with Gasteiger partial charge in [-0.2, -0.15) is 0 Å². The van der Waals surface area contributed by atoms with Gasteiger partial charge in [0.15, 0.2) is 5.96 Å². The van der Waals surface area contributed by atoms with Gasteiger partial charge in [-0.25, -0.2) is 0 Å². The molecule has 0 amide bonds. The molecule has 2 aliphatic carbocycles. The van der Waals surface area contributed by atoms with Crippen LogP contribution in [0.15, 0.2) is 4.99 Å². The third-order valence-corrected chi connectivity index (χ3v) is 5.55. The van der Waals surface area contributed by atoms with Gasteiger partial charge in [0.1, 0.15) is 0 Å². The smallest absolute Gasteiger partial charge is 0.191 e. The molecule has 1 atom stereocenters. The van der Waals surface area contributed by atoms with Crippen LogP contribution in [0.4, 0.5) is 0 Å². The molecule has 0 radical (unpaired) electrons. The molecule has 2 N–H and O–H groups in total. The normalized spacial score (nSPS) is 32.8. The van der Waals surface area contributed by atoms with Gasteiger partial charge in [0, 0.05) is 26.7 Å². The van der Waals surface area contributed by atoms with E-state index in [9.17, 15) is 0 Å². The van der Waals surface area contributed by atoms with E-state index >= 15 is 0 Å². The molecule has 3 fully saturated rings. The van der Waals surface area contributed by atoms with E-state index < -0.39 is 0 Å². The number of nitrogens with zero attached hydrogens (tertiary/aromatic N) is 1. The summed E-state index contributed by atoms with van der Waals surface area (Å²) in [5, 5.41) is 7.00. The molecule has 0 bridgehead atoms. The third-order valence-electron chi connectivity index (χ3n) is 5.55. The summed E-state index contributed by atoms with van der Waals surface area (Å²) in [5.74, 6) is 1.92. The van der Waals surface area contributed by atoms with Gasteiger partial charge in [-0.15, -0.1) is 0 Å². The van der Waals surface area contributed by atoms with E-state index in [1.165, 1.54) is 38.5 Å². The lowest BCUT2D eigenvalue weighted by molar-refractivity contribution is 0.0241. The molecule has 1 unspecified atom stereocenters. The first-order valence-corrected chi connectivity index (χ1v) is 8.24. The summed E-state index contributed by atoms with van der Waals surface area (Å²) in [6, 6.07) is 0. The number of nitrogens with one attached hydrogen (secondary N) is 2. The molecule has 1 heterocycles. The first-order chi connectivity index (χ1) is 9.66. The van der Waals surface area contributed by atoms with Crippen LogP contribution in [0.3, 0.4) is 0 Å². The van der Waals surface area contributed by atoms with Gasteiger partial charge in [-0.1, -0.05) is 6.42 Å². The van der Waals surface area contributed by atoms with Crippen molar-refractivity contribution in [2.75, 3.05) is 26.7 Å². The van der Waals surface area contributed by atoms with Crippen LogP contribution in [0.25, 0.3) is 0 Å². The van der Waals surface area contributed by atoms with Crippen LogP contribution in [0, 0.1) is 11.3 Å². The number of hydrogen-bond donors (Lipinski definition) is 2. The Morgan fingerprint density at radius 2 is 1.90 bits per heavy atom. The SMILES string of the molecule is CN=C(NCC1(C)CCCO1)NCC1(C2CC2)CCC1. The highest BCUT2D eigenvalue weighted by atomic mass is 16.5.